The highest BCUT2D eigenvalue weighted by Gasteiger charge is 2.09. The van der Waals surface area contributed by atoms with Gasteiger partial charge in [0.25, 0.3) is 0 Å². The molecule has 0 atom stereocenters. The quantitative estimate of drug-likeness (QED) is 0.672. The Morgan fingerprint density at radius 1 is 1.16 bits per heavy atom. The smallest absolute Gasteiger partial charge is 0.161 e. The van der Waals surface area contributed by atoms with E-state index < -0.39 is 0 Å². The number of nitrogens with two attached hydrogens (primary N) is 1. The Hall–Kier alpha value is -1.46. The van der Waals surface area contributed by atoms with Gasteiger partial charge in [-0.1, -0.05) is 22.9 Å². The summed E-state index contributed by atoms with van der Waals surface area (Å²) in [5.74, 6) is 6.80. The van der Waals surface area contributed by atoms with Crippen LogP contribution >= 0.6 is 15.9 Å². The van der Waals surface area contributed by atoms with Crippen LogP contribution in [0.3, 0.4) is 0 Å². The lowest BCUT2D eigenvalue weighted by Gasteiger charge is -2.10. The summed E-state index contributed by atoms with van der Waals surface area (Å²) in [6, 6.07) is 6.01. The first-order valence-electron chi connectivity index (χ1n) is 6.16. The Labute approximate surface area is 121 Å². The molecule has 0 unspecified atom stereocenters. The van der Waals surface area contributed by atoms with E-state index in [4.69, 9.17) is 5.84 Å². The Kier molecular flexibility index (Phi) is 4.17. The predicted octanol–water partition coefficient (Wildman–Crippen LogP) is 3.37. The van der Waals surface area contributed by atoms with E-state index in [0.717, 1.165) is 22.2 Å². The first-order valence-corrected chi connectivity index (χ1v) is 6.96. The number of hydrogen-bond donors (Lipinski definition) is 2. The van der Waals surface area contributed by atoms with E-state index in [0.29, 0.717) is 11.6 Å². The second kappa shape index (κ2) is 5.67. The number of hydrogen-bond acceptors (Lipinski definition) is 4. The fourth-order valence-electron chi connectivity index (χ4n) is 1.96. The molecule has 0 amide bonds. The van der Waals surface area contributed by atoms with Gasteiger partial charge in [0.15, 0.2) is 5.82 Å². The van der Waals surface area contributed by atoms with E-state index in [1.54, 1.807) is 0 Å². The number of aromatic nitrogens is 2. The average molecular weight is 321 g/mol. The van der Waals surface area contributed by atoms with Crippen molar-refractivity contribution < 1.29 is 0 Å². The molecule has 3 N–H and O–H groups in total. The largest absolute Gasteiger partial charge is 0.308 e. The van der Waals surface area contributed by atoms with Crippen molar-refractivity contribution in [3.63, 3.8) is 0 Å². The molecule has 1 aromatic heterocycles. The fourth-order valence-corrected chi connectivity index (χ4v) is 2.19. The minimum Gasteiger partial charge on any atom is -0.308 e. The second-order valence-corrected chi connectivity index (χ2v) is 5.28. The number of benzene rings is 1. The summed E-state index contributed by atoms with van der Waals surface area (Å²) in [5.41, 5.74) is 6.90. The van der Waals surface area contributed by atoms with Crippen LogP contribution in [0.4, 0.5) is 5.82 Å². The molecule has 2 rings (SSSR count). The summed E-state index contributed by atoms with van der Waals surface area (Å²) in [5, 5.41) is 0. The summed E-state index contributed by atoms with van der Waals surface area (Å²) >= 11 is 3.57. The molecule has 0 radical (unpaired) electrons. The van der Waals surface area contributed by atoms with Gasteiger partial charge in [0.1, 0.15) is 5.82 Å². The van der Waals surface area contributed by atoms with Gasteiger partial charge in [-0.05, 0) is 43.5 Å². The number of nitrogens with zero attached hydrogens (tertiary/aromatic N) is 2. The first kappa shape index (κ1) is 14.0. The van der Waals surface area contributed by atoms with Crippen LogP contribution in [0, 0.1) is 13.8 Å². The molecule has 0 spiro atoms. The number of aryl methyl sites for hydroxylation is 3. The van der Waals surface area contributed by atoms with E-state index in [9.17, 15) is 0 Å². The van der Waals surface area contributed by atoms with Gasteiger partial charge < -0.3 is 5.43 Å². The summed E-state index contributed by atoms with van der Waals surface area (Å²) < 4.78 is 1.13. The van der Waals surface area contributed by atoms with Crippen molar-refractivity contribution in [3.05, 3.63) is 39.5 Å². The fraction of sp³-hybridized carbons (Fsp3) is 0.286. The van der Waals surface area contributed by atoms with Gasteiger partial charge in [-0.2, -0.15) is 0 Å². The molecule has 1 aromatic carbocycles. The van der Waals surface area contributed by atoms with Crippen molar-refractivity contribution in [1.82, 2.24) is 9.97 Å². The van der Waals surface area contributed by atoms with Crippen LogP contribution in [0.5, 0.6) is 0 Å². The van der Waals surface area contributed by atoms with Crippen molar-refractivity contribution >= 4 is 21.7 Å². The molecular formula is C14H17BrN4. The zero-order chi connectivity index (χ0) is 14.0. The van der Waals surface area contributed by atoms with Crippen molar-refractivity contribution in [2.45, 2.75) is 27.2 Å². The molecule has 0 saturated carbocycles. The normalized spacial score (nSPS) is 10.6. The van der Waals surface area contributed by atoms with Gasteiger partial charge in [-0.3, -0.25) is 0 Å². The maximum atomic E-state index is 5.46. The summed E-state index contributed by atoms with van der Waals surface area (Å²) in [6.07, 6.45) is 0.846. The maximum absolute atomic E-state index is 5.46. The zero-order valence-corrected chi connectivity index (χ0v) is 12.9. The van der Waals surface area contributed by atoms with Crippen molar-refractivity contribution in [1.29, 1.82) is 0 Å². The van der Waals surface area contributed by atoms with Crippen LogP contribution in [-0.4, -0.2) is 9.97 Å². The van der Waals surface area contributed by atoms with Gasteiger partial charge >= 0.3 is 0 Å². The van der Waals surface area contributed by atoms with Crippen LogP contribution in [-0.2, 0) is 6.42 Å². The first-order chi connectivity index (χ1) is 9.05. The van der Waals surface area contributed by atoms with Crippen molar-refractivity contribution in [2.75, 3.05) is 5.43 Å². The van der Waals surface area contributed by atoms with Gasteiger partial charge in [0, 0.05) is 21.8 Å². The number of hydrazine groups is 1. The topological polar surface area (TPSA) is 63.8 Å². The third-order valence-electron chi connectivity index (χ3n) is 2.98. The number of halogens is 1. The molecule has 100 valence electrons. The molecular weight excluding hydrogens is 304 g/mol. The standard InChI is InChI=1S/C14H17BrN4/c1-4-11-7-12(19-16)18-14(17-11)10-5-8(2)13(15)9(3)6-10/h5-7H,4,16H2,1-3H3,(H,17,18,19). The molecule has 0 aliphatic carbocycles. The van der Waals surface area contributed by atoms with Crippen LogP contribution in [0.1, 0.15) is 23.7 Å². The van der Waals surface area contributed by atoms with Crippen LogP contribution in [0.15, 0.2) is 22.7 Å². The average Bonchev–Trinajstić information content (AvgIpc) is 2.43. The molecule has 0 saturated heterocycles. The SMILES string of the molecule is CCc1cc(NN)nc(-c2cc(C)c(Br)c(C)c2)n1. The van der Waals surface area contributed by atoms with E-state index >= 15 is 0 Å². The van der Waals surface area contributed by atoms with E-state index in [1.165, 1.54) is 11.1 Å². The Morgan fingerprint density at radius 3 is 2.32 bits per heavy atom. The highest BCUT2D eigenvalue weighted by atomic mass is 79.9. The number of nitrogen functional groups attached to an aromatic ring is 1. The number of rotatable bonds is 3. The van der Waals surface area contributed by atoms with Crippen LogP contribution in [0.25, 0.3) is 11.4 Å². The molecule has 2 aromatic rings. The molecule has 1 heterocycles. The minimum atomic E-state index is 0.639. The van der Waals surface area contributed by atoms with Crippen molar-refractivity contribution in [3.8, 4) is 11.4 Å². The Balaban J connectivity index is 2.58. The van der Waals surface area contributed by atoms with Gasteiger partial charge in [0.2, 0.25) is 0 Å². The van der Waals surface area contributed by atoms with E-state index in [-0.39, 0.29) is 0 Å². The third kappa shape index (κ3) is 2.93. The lowest BCUT2D eigenvalue weighted by molar-refractivity contribution is 1.00. The van der Waals surface area contributed by atoms with Crippen LogP contribution < -0.4 is 11.3 Å². The Morgan fingerprint density at radius 2 is 1.79 bits per heavy atom. The summed E-state index contributed by atoms with van der Waals surface area (Å²) in [6.45, 7) is 6.18. The van der Waals surface area contributed by atoms with Crippen LogP contribution in [0.2, 0.25) is 0 Å². The van der Waals surface area contributed by atoms with Crippen molar-refractivity contribution in [2.24, 2.45) is 5.84 Å². The molecule has 19 heavy (non-hydrogen) atoms. The number of anilines is 1. The molecule has 0 bridgehead atoms. The predicted molar refractivity (Wildman–Crippen MR) is 81.8 cm³/mol. The second-order valence-electron chi connectivity index (χ2n) is 4.49. The monoisotopic (exact) mass is 320 g/mol. The maximum Gasteiger partial charge on any atom is 0.161 e. The lowest BCUT2D eigenvalue weighted by Crippen LogP contribution is -2.10. The van der Waals surface area contributed by atoms with E-state index in [1.807, 2.05) is 6.07 Å². The van der Waals surface area contributed by atoms with Gasteiger partial charge in [0.05, 0.1) is 0 Å². The summed E-state index contributed by atoms with van der Waals surface area (Å²) in [4.78, 5) is 8.98. The minimum absolute atomic E-state index is 0.639. The van der Waals surface area contributed by atoms with E-state index in [2.05, 4.69) is 64.2 Å². The highest BCUT2D eigenvalue weighted by Crippen LogP contribution is 2.27. The molecule has 0 aliphatic heterocycles. The number of nitrogens with one attached hydrogen (secondary N) is 1. The van der Waals surface area contributed by atoms with Gasteiger partial charge in [-0.15, -0.1) is 0 Å². The lowest BCUT2D eigenvalue weighted by atomic mass is 10.1. The molecule has 4 nitrogen and oxygen atoms in total. The highest BCUT2D eigenvalue weighted by molar-refractivity contribution is 9.10. The zero-order valence-electron chi connectivity index (χ0n) is 11.3. The third-order valence-corrected chi connectivity index (χ3v) is 4.23. The molecule has 0 fully saturated rings. The molecule has 0 aliphatic rings. The van der Waals surface area contributed by atoms with Gasteiger partial charge in [-0.25, -0.2) is 15.8 Å². The summed E-state index contributed by atoms with van der Waals surface area (Å²) in [7, 11) is 0. The molecule has 5 heteroatoms. The Bertz CT molecular complexity index is 565.